The van der Waals surface area contributed by atoms with E-state index in [0.29, 0.717) is 0 Å². The predicted molar refractivity (Wildman–Crippen MR) is 44.1 cm³/mol. The van der Waals surface area contributed by atoms with E-state index in [0.717, 1.165) is 0 Å². The smallest absolute Gasteiger partial charge is 0.146 e. The van der Waals surface area contributed by atoms with Gasteiger partial charge < -0.3 is 4.90 Å². The van der Waals surface area contributed by atoms with Gasteiger partial charge in [-0.2, -0.15) is 0 Å². The van der Waals surface area contributed by atoms with Gasteiger partial charge in [0, 0.05) is 22.2 Å². The van der Waals surface area contributed by atoms with Crippen molar-refractivity contribution in [3.63, 3.8) is 0 Å². The molecule has 0 amide bonds. The normalized spacial score (nSPS) is 23.7. The second-order valence-corrected chi connectivity index (χ2v) is 2.15. The molecule has 0 saturated heterocycles. The van der Waals surface area contributed by atoms with E-state index in [9.17, 15) is 0 Å². The molecule has 3 nitrogen and oxygen atoms in total. The fourth-order valence-electron chi connectivity index (χ4n) is 0.348. The lowest BCUT2D eigenvalue weighted by Crippen LogP contribution is -2.10. The largest absolute Gasteiger partial charge is 0.361 e. The summed E-state index contributed by atoms with van der Waals surface area (Å²) in [6.07, 6.45) is -1.08. The molecule has 1 aromatic heterocycles. The van der Waals surface area contributed by atoms with Crippen molar-refractivity contribution in [1.29, 1.82) is 0 Å². The van der Waals surface area contributed by atoms with Crippen molar-refractivity contribution in [2.24, 2.45) is 0 Å². The number of halogens is 1. The van der Waals surface area contributed by atoms with E-state index in [1.54, 1.807) is 0 Å². The zero-order chi connectivity index (χ0) is 14.3. The molecule has 1 rings (SSSR count). The molecule has 0 fully saturated rings. The van der Waals surface area contributed by atoms with Crippen LogP contribution in [0.15, 0.2) is 16.9 Å². The van der Waals surface area contributed by atoms with Gasteiger partial charge in [-0.05, 0) is 15.9 Å². The number of anilines is 1. The van der Waals surface area contributed by atoms with Crippen LogP contribution in [-0.4, -0.2) is 23.9 Å². The van der Waals surface area contributed by atoms with Crippen molar-refractivity contribution >= 4 is 21.7 Å². The molecule has 0 bridgehead atoms. The van der Waals surface area contributed by atoms with Crippen LogP contribution >= 0.6 is 15.9 Å². The Bertz CT molecular complexity index is 441. The van der Waals surface area contributed by atoms with E-state index in [4.69, 9.17) is 11.0 Å². The highest BCUT2D eigenvalue weighted by atomic mass is 79.9. The van der Waals surface area contributed by atoms with Crippen molar-refractivity contribution in [2.75, 3.05) is 18.9 Å². The zero-order valence-electron chi connectivity index (χ0n) is 12.7. The van der Waals surface area contributed by atoms with Crippen LogP contribution in [-0.2, 0) is 0 Å². The first kappa shape index (κ1) is 2.17. The summed E-state index contributed by atoms with van der Waals surface area (Å²) in [6.45, 7) is -6.04. The topological polar surface area (TPSA) is 29.0 Å². The Morgan fingerprint density at radius 2 is 2.40 bits per heavy atom. The van der Waals surface area contributed by atoms with Gasteiger partial charge in [0.1, 0.15) is 10.4 Å². The van der Waals surface area contributed by atoms with E-state index in [-0.39, 0.29) is 9.50 Å². The molecule has 10 heavy (non-hydrogen) atoms. The first-order valence-corrected chi connectivity index (χ1v) is 3.05. The average Bonchev–Trinajstić information content (AvgIpc) is 2.09. The maximum absolute atomic E-state index is 7.47. The number of hydrogen-bond donors (Lipinski definition) is 0. The number of nitrogens with zero attached hydrogens (tertiary/aromatic N) is 3. The highest BCUT2D eigenvalue weighted by molar-refractivity contribution is 9.10. The van der Waals surface area contributed by atoms with Crippen molar-refractivity contribution < 1.29 is 11.0 Å². The lowest BCUT2D eigenvalue weighted by atomic mass is 10.6. The molecule has 0 unspecified atom stereocenters. The molecule has 0 aliphatic carbocycles. The second kappa shape index (κ2) is 2.96. The maximum atomic E-state index is 7.47. The minimum Gasteiger partial charge on any atom is -0.361 e. The number of aromatic nitrogens is 2. The van der Waals surface area contributed by atoms with Crippen molar-refractivity contribution in [1.82, 2.24) is 9.97 Å². The van der Waals surface area contributed by atoms with Crippen LogP contribution in [0, 0.1) is 0 Å². The first-order chi connectivity index (χ1) is 7.94. The summed E-state index contributed by atoms with van der Waals surface area (Å²) in [7, 11) is 0. The van der Waals surface area contributed by atoms with Crippen LogP contribution in [0.2, 0.25) is 0 Å². The van der Waals surface area contributed by atoms with Gasteiger partial charge in [0.2, 0.25) is 0 Å². The molecule has 0 aliphatic rings. The summed E-state index contributed by atoms with van der Waals surface area (Å²) in [5.74, 6) is -0.678. The lowest BCUT2D eigenvalue weighted by molar-refractivity contribution is 1.03. The van der Waals surface area contributed by atoms with Crippen molar-refractivity contribution in [2.45, 2.75) is 0 Å². The van der Waals surface area contributed by atoms with Gasteiger partial charge in [-0.1, -0.05) is 0 Å². The van der Waals surface area contributed by atoms with Crippen LogP contribution in [0.25, 0.3) is 0 Å². The second-order valence-electron chi connectivity index (χ2n) is 1.40. The highest BCUT2D eigenvalue weighted by Crippen LogP contribution is 2.07. The van der Waals surface area contributed by atoms with E-state index < -0.39 is 32.1 Å². The summed E-state index contributed by atoms with van der Waals surface area (Å²) >= 11 is 2.85. The SMILES string of the molecule is [2H]c1nc(N(C([2H])([2H])[2H])C([2H])([2H])[2H])c([2H])nc1Br. The highest BCUT2D eigenvalue weighted by Gasteiger charge is 1.94. The maximum Gasteiger partial charge on any atom is 0.146 e. The first-order valence-electron chi connectivity index (χ1n) is 6.25. The van der Waals surface area contributed by atoms with Gasteiger partial charge in [0.25, 0.3) is 0 Å². The molecule has 1 aromatic rings. The minimum atomic E-state index is -3.02. The molecular weight excluding hydrogens is 194 g/mol. The monoisotopic (exact) mass is 209 g/mol. The summed E-state index contributed by atoms with van der Waals surface area (Å²) in [6, 6.07) is 0. The molecule has 0 atom stereocenters. The van der Waals surface area contributed by atoms with Crippen molar-refractivity contribution in [3.8, 4) is 0 Å². The third kappa shape index (κ3) is 1.67. The third-order valence-corrected chi connectivity index (χ3v) is 1.07. The summed E-state index contributed by atoms with van der Waals surface area (Å²) in [5.41, 5.74) is 0. The van der Waals surface area contributed by atoms with Gasteiger partial charge in [-0.15, -0.1) is 0 Å². The third-order valence-electron chi connectivity index (χ3n) is 0.720. The Labute approximate surface area is 79.5 Å². The quantitative estimate of drug-likeness (QED) is 0.699. The van der Waals surface area contributed by atoms with E-state index >= 15 is 0 Å². The summed E-state index contributed by atoms with van der Waals surface area (Å²) < 4.78 is 57.8. The molecule has 0 aliphatic heterocycles. The molecule has 54 valence electrons. The van der Waals surface area contributed by atoms with Crippen molar-refractivity contribution in [3.05, 3.63) is 16.9 Å². The fraction of sp³-hybridized carbons (Fsp3) is 0.333. The molecule has 0 aromatic carbocycles. The number of rotatable bonds is 1. The van der Waals surface area contributed by atoms with Gasteiger partial charge in [-0.3, -0.25) is 0 Å². The molecule has 0 radical (unpaired) electrons. The number of hydrogen-bond acceptors (Lipinski definition) is 3. The Kier molecular flexibility index (Phi) is 0.643. The van der Waals surface area contributed by atoms with Gasteiger partial charge in [-0.25, -0.2) is 9.97 Å². The van der Waals surface area contributed by atoms with Crippen LogP contribution in [0.3, 0.4) is 0 Å². The minimum absolute atomic E-state index is 0.0276. The Morgan fingerprint density at radius 1 is 1.60 bits per heavy atom. The van der Waals surface area contributed by atoms with Crippen LogP contribution in [0.5, 0.6) is 0 Å². The Hall–Kier alpha value is -0.640. The molecular formula is C6H8BrN3. The summed E-state index contributed by atoms with van der Waals surface area (Å²) in [4.78, 5) is 7.02. The van der Waals surface area contributed by atoms with Crippen LogP contribution in [0.4, 0.5) is 5.82 Å². The predicted octanol–water partition coefficient (Wildman–Crippen LogP) is 1.31. The molecule has 0 N–H and O–H groups in total. The van der Waals surface area contributed by atoms with E-state index in [1.165, 1.54) is 0 Å². The van der Waals surface area contributed by atoms with E-state index in [1.807, 2.05) is 0 Å². The van der Waals surface area contributed by atoms with Gasteiger partial charge in [0.05, 0.1) is 15.1 Å². The fourth-order valence-corrected chi connectivity index (χ4v) is 0.525. The standard InChI is InChI=1S/C6H8BrN3/c1-10(2)6-4-8-5(7)3-9-6/h3-4H,1-2H3/i1D3,2D3,3D,4D. The van der Waals surface area contributed by atoms with E-state index in [2.05, 4.69) is 25.9 Å². The molecule has 1 heterocycles. The Morgan fingerprint density at radius 3 is 3.10 bits per heavy atom. The van der Waals surface area contributed by atoms with Gasteiger partial charge >= 0.3 is 0 Å². The molecule has 4 heteroatoms. The van der Waals surface area contributed by atoms with Gasteiger partial charge in [0.15, 0.2) is 0 Å². The van der Waals surface area contributed by atoms with Crippen LogP contribution < -0.4 is 4.90 Å². The zero-order valence-corrected chi connectivity index (χ0v) is 6.31. The molecule has 0 saturated carbocycles. The Balaban J connectivity index is 3.45. The average molecular weight is 210 g/mol. The van der Waals surface area contributed by atoms with Crippen LogP contribution in [0.1, 0.15) is 11.0 Å². The summed E-state index contributed by atoms with van der Waals surface area (Å²) in [5, 5.41) is 0. The molecule has 0 spiro atoms. The lowest BCUT2D eigenvalue weighted by Gasteiger charge is -2.08.